The summed E-state index contributed by atoms with van der Waals surface area (Å²) >= 11 is 1.72. The first kappa shape index (κ1) is 11.9. The molecule has 0 fully saturated rings. The van der Waals surface area contributed by atoms with Crippen molar-refractivity contribution in [3.05, 3.63) is 23.8 Å². The predicted molar refractivity (Wildman–Crippen MR) is 63.3 cm³/mol. The molecule has 0 aliphatic rings. The van der Waals surface area contributed by atoms with Crippen LogP contribution in [0.15, 0.2) is 23.1 Å². The van der Waals surface area contributed by atoms with Crippen LogP contribution >= 0.6 is 11.8 Å². The van der Waals surface area contributed by atoms with E-state index in [-0.39, 0.29) is 0 Å². The SMILES string of the molecule is CCC(C)Sc1cc(OC)ccc1C#N. The molecule has 0 aliphatic heterocycles. The summed E-state index contributed by atoms with van der Waals surface area (Å²) in [6.45, 7) is 4.30. The van der Waals surface area contributed by atoms with Gasteiger partial charge in [0.25, 0.3) is 0 Å². The van der Waals surface area contributed by atoms with Gasteiger partial charge < -0.3 is 4.74 Å². The number of thioether (sulfide) groups is 1. The highest BCUT2D eigenvalue weighted by Gasteiger charge is 2.08. The largest absolute Gasteiger partial charge is 0.497 e. The zero-order valence-electron chi connectivity index (χ0n) is 9.28. The molecule has 1 aromatic carbocycles. The monoisotopic (exact) mass is 221 g/mol. The number of ether oxygens (including phenoxy) is 1. The molecule has 0 aliphatic carbocycles. The van der Waals surface area contributed by atoms with Crippen molar-refractivity contribution < 1.29 is 4.74 Å². The van der Waals surface area contributed by atoms with Gasteiger partial charge in [-0.2, -0.15) is 5.26 Å². The van der Waals surface area contributed by atoms with Gasteiger partial charge in [-0.25, -0.2) is 0 Å². The fraction of sp³-hybridized carbons (Fsp3) is 0.417. The van der Waals surface area contributed by atoms with Gasteiger partial charge in [0.1, 0.15) is 11.8 Å². The second kappa shape index (κ2) is 5.67. The summed E-state index contributed by atoms with van der Waals surface area (Å²) in [4.78, 5) is 1.01. The fourth-order valence-corrected chi connectivity index (χ4v) is 2.14. The number of hydrogen-bond acceptors (Lipinski definition) is 3. The molecule has 3 heteroatoms. The van der Waals surface area contributed by atoms with E-state index in [2.05, 4.69) is 19.9 Å². The van der Waals surface area contributed by atoms with Crippen LogP contribution < -0.4 is 4.74 Å². The van der Waals surface area contributed by atoms with Crippen LogP contribution in [0, 0.1) is 11.3 Å². The van der Waals surface area contributed by atoms with Crippen molar-refractivity contribution in [1.82, 2.24) is 0 Å². The van der Waals surface area contributed by atoms with E-state index in [1.807, 2.05) is 18.2 Å². The standard InChI is InChI=1S/C12H15NOS/c1-4-9(2)15-12-7-11(14-3)6-5-10(12)8-13/h5-7,9H,4H2,1-3H3. The third kappa shape index (κ3) is 3.17. The summed E-state index contributed by atoms with van der Waals surface area (Å²) in [5.41, 5.74) is 0.723. The lowest BCUT2D eigenvalue weighted by Crippen LogP contribution is -1.94. The zero-order chi connectivity index (χ0) is 11.3. The van der Waals surface area contributed by atoms with Crippen LogP contribution in [0.3, 0.4) is 0 Å². The maximum Gasteiger partial charge on any atom is 0.120 e. The summed E-state index contributed by atoms with van der Waals surface area (Å²) in [5, 5.41) is 9.48. The quantitative estimate of drug-likeness (QED) is 0.730. The summed E-state index contributed by atoms with van der Waals surface area (Å²) in [5.74, 6) is 0.805. The molecule has 0 bridgehead atoms. The second-order valence-electron chi connectivity index (χ2n) is 3.31. The van der Waals surface area contributed by atoms with Crippen LogP contribution in [0.2, 0.25) is 0 Å². The van der Waals surface area contributed by atoms with Gasteiger partial charge in [-0.05, 0) is 24.6 Å². The van der Waals surface area contributed by atoms with Gasteiger partial charge in [0.15, 0.2) is 0 Å². The van der Waals surface area contributed by atoms with E-state index in [0.29, 0.717) is 5.25 Å². The summed E-state index contributed by atoms with van der Waals surface area (Å²) in [6, 6.07) is 7.75. The zero-order valence-corrected chi connectivity index (χ0v) is 10.1. The second-order valence-corrected chi connectivity index (χ2v) is 4.79. The van der Waals surface area contributed by atoms with Crippen molar-refractivity contribution >= 4 is 11.8 Å². The fourth-order valence-electron chi connectivity index (χ4n) is 1.12. The van der Waals surface area contributed by atoms with Crippen LogP contribution in [0.25, 0.3) is 0 Å². The summed E-state index contributed by atoms with van der Waals surface area (Å²) in [7, 11) is 1.64. The van der Waals surface area contributed by atoms with Gasteiger partial charge in [0.2, 0.25) is 0 Å². The Hall–Kier alpha value is -1.14. The Morgan fingerprint density at radius 1 is 1.53 bits per heavy atom. The maximum atomic E-state index is 8.96. The number of methoxy groups -OCH3 is 1. The molecule has 1 aromatic rings. The Kier molecular flexibility index (Phi) is 4.51. The minimum atomic E-state index is 0.518. The number of hydrogen-bond donors (Lipinski definition) is 0. The van der Waals surface area contributed by atoms with Crippen molar-refractivity contribution in [2.24, 2.45) is 0 Å². The molecule has 0 heterocycles. The highest BCUT2D eigenvalue weighted by atomic mass is 32.2. The van der Waals surface area contributed by atoms with Crippen molar-refractivity contribution in [3.8, 4) is 11.8 Å². The van der Waals surface area contributed by atoms with Crippen LogP contribution in [0.1, 0.15) is 25.8 Å². The third-order valence-corrected chi connectivity index (χ3v) is 3.54. The van der Waals surface area contributed by atoms with E-state index in [1.165, 1.54) is 0 Å². The van der Waals surface area contributed by atoms with E-state index in [4.69, 9.17) is 10.00 Å². The number of rotatable bonds is 4. The van der Waals surface area contributed by atoms with Crippen LogP contribution in [-0.4, -0.2) is 12.4 Å². The molecule has 0 aromatic heterocycles. The first-order valence-electron chi connectivity index (χ1n) is 4.96. The van der Waals surface area contributed by atoms with E-state index >= 15 is 0 Å². The Bertz CT molecular complexity index is 370. The topological polar surface area (TPSA) is 33.0 Å². The average molecular weight is 221 g/mol. The summed E-state index contributed by atoms with van der Waals surface area (Å²) < 4.78 is 5.15. The van der Waals surface area contributed by atoms with E-state index in [0.717, 1.165) is 22.6 Å². The van der Waals surface area contributed by atoms with Gasteiger partial charge in [-0.15, -0.1) is 11.8 Å². The molecule has 0 N–H and O–H groups in total. The Morgan fingerprint density at radius 2 is 2.27 bits per heavy atom. The molecule has 0 spiro atoms. The third-order valence-electron chi connectivity index (χ3n) is 2.21. The molecule has 15 heavy (non-hydrogen) atoms. The molecular formula is C12H15NOS. The predicted octanol–water partition coefficient (Wildman–Crippen LogP) is 3.46. The molecule has 1 rings (SSSR count). The molecule has 80 valence electrons. The normalized spacial score (nSPS) is 11.9. The molecule has 0 saturated carbocycles. The van der Waals surface area contributed by atoms with E-state index in [1.54, 1.807) is 18.9 Å². The number of nitriles is 1. The van der Waals surface area contributed by atoms with Gasteiger partial charge in [0.05, 0.1) is 12.7 Å². The first-order valence-corrected chi connectivity index (χ1v) is 5.84. The highest BCUT2D eigenvalue weighted by Crippen LogP contribution is 2.30. The van der Waals surface area contributed by atoms with E-state index < -0.39 is 0 Å². The maximum absolute atomic E-state index is 8.96. The average Bonchev–Trinajstić information content (AvgIpc) is 2.28. The van der Waals surface area contributed by atoms with Gasteiger partial charge in [0, 0.05) is 10.1 Å². The minimum absolute atomic E-state index is 0.518. The lowest BCUT2D eigenvalue weighted by Gasteiger charge is -2.10. The van der Waals surface area contributed by atoms with Crippen molar-refractivity contribution in [1.29, 1.82) is 5.26 Å². The number of nitrogens with zero attached hydrogens (tertiary/aromatic N) is 1. The summed E-state index contributed by atoms with van der Waals surface area (Å²) in [6.07, 6.45) is 1.09. The molecule has 0 radical (unpaired) electrons. The Morgan fingerprint density at radius 3 is 2.80 bits per heavy atom. The van der Waals surface area contributed by atoms with E-state index in [9.17, 15) is 0 Å². The first-order chi connectivity index (χ1) is 7.21. The molecule has 2 nitrogen and oxygen atoms in total. The smallest absolute Gasteiger partial charge is 0.120 e. The van der Waals surface area contributed by atoms with Crippen LogP contribution in [-0.2, 0) is 0 Å². The molecule has 0 saturated heterocycles. The molecule has 0 amide bonds. The molecule has 1 atom stereocenters. The lowest BCUT2D eigenvalue weighted by molar-refractivity contribution is 0.413. The van der Waals surface area contributed by atoms with Gasteiger partial charge in [-0.1, -0.05) is 13.8 Å². The number of benzene rings is 1. The Labute approximate surface area is 95.3 Å². The Balaban J connectivity index is 2.97. The van der Waals surface area contributed by atoms with Crippen molar-refractivity contribution in [3.63, 3.8) is 0 Å². The van der Waals surface area contributed by atoms with Crippen LogP contribution in [0.5, 0.6) is 5.75 Å². The molecule has 1 unspecified atom stereocenters. The van der Waals surface area contributed by atoms with Crippen LogP contribution in [0.4, 0.5) is 0 Å². The minimum Gasteiger partial charge on any atom is -0.497 e. The lowest BCUT2D eigenvalue weighted by atomic mass is 10.2. The van der Waals surface area contributed by atoms with Gasteiger partial charge >= 0.3 is 0 Å². The van der Waals surface area contributed by atoms with Crippen molar-refractivity contribution in [2.75, 3.05) is 7.11 Å². The van der Waals surface area contributed by atoms with Gasteiger partial charge in [-0.3, -0.25) is 0 Å². The molecular weight excluding hydrogens is 206 g/mol. The van der Waals surface area contributed by atoms with Crippen molar-refractivity contribution in [2.45, 2.75) is 30.4 Å². The highest BCUT2D eigenvalue weighted by molar-refractivity contribution is 8.00.